The van der Waals surface area contributed by atoms with Crippen molar-refractivity contribution in [3.05, 3.63) is 170 Å². The van der Waals surface area contributed by atoms with Crippen LogP contribution < -0.4 is 76.5 Å². The van der Waals surface area contributed by atoms with E-state index in [-0.39, 0.29) is 101 Å². The molecule has 8 atom stereocenters. The topological polar surface area (TPSA) is 589 Å². The molecule has 113 heavy (non-hydrogen) atoms. The molecule has 0 saturated carbocycles. The van der Waals surface area contributed by atoms with Crippen molar-refractivity contribution in [2.24, 2.45) is 28.7 Å². The average Bonchev–Trinajstić information content (AvgIpc) is 1.75. The molecule has 41 heteroatoms. The second-order valence-electron chi connectivity index (χ2n) is 25.3. The van der Waals surface area contributed by atoms with Gasteiger partial charge < -0.3 is 96.7 Å². The van der Waals surface area contributed by atoms with Crippen molar-refractivity contribution >= 4 is 117 Å². The highest BCUT2D eigenvalue weighted by Gasteiger charge is 2.42. The van der Waals surface area contributed by atoms with E-state index in [2.05, 4.69) is 47.9 Å². The standard InChI is InChI=1S/C68H84IN17O13.2C2HF3O2/c69-45-33-42(24-28-54(45)87)36-49(59(72)92)83-60(93)46(19-10-30-77-67(73)74)81-65(98)53-21-12-32-86(53)66(99)48(20-11-31-78-68(75)76)82-64(97)52(38-56(71)89)85-61(94)47(27-29-55(70)88)80-63(96)51(34-39-13-4-1-5-14-39)84-62(95)50(79-57(90)37-40-15-6-2-7-16-40)35-41-22-25-44(26-23-41)58(91)43-17-8-3-9-18-43;2*3-2(4,5)1(6)7/h1-9,13-18,22-26,28,33,46-53,87H,10-12,19-21,27,29-32,34-38H2,(H2,70,88)(H2,71,89)(H2,72,92)(H,79,90)(H,80,96)(H,81,98)(H,82,97)(H,83,93)(H,84,95)(H,85,94)(H4,73,74,77)(H4,75,76,78);2*(H,6,7)/t46-,47-,48-,49-,50+,51-,52-,53-;;/m0../s1. The van der Waals surface area contributed by atoms with Crippen molar-refractivity contribution in [1.29, 1.82) is 10.8 Å². The molecular formula is C72H86F6IN17O17. The first-order valence-electron chi connectivity index (χ1n) is 34.4. The van der Waals surface area contributed by atoms with Crippen molar-refractivity contribution in [3.63, 3.8) is 0 Å². The Kier molecular flexibility index (Phi) is 37.5. The Morgan fingerprint density at radius 1 is 0.487 bits per heavy atom. The number of carboxylic acids is 2. The molecule has 0 spiro atoms. The van der Waals surface area contributed by atoms with Crippen LogP contribution in [0.1, 0.15) is 96.0 Å². The molecule has 1 saturated heterocycles. The number of aliphatic carboxylic acids is 2. The summed E-state index contributed by atoms with van der Waals surface area (Å²) >= 11 is 1.89. The van der Waals surface area contributed by atoms with E-state index in [9.17, 15) is 89.0 Å². The average molecular weight is 1700 g/mol. The summed E-state index contributed by atoms with van der Waals surface area (Å²) in [5.41, 5.74) is 31.0. The summed E-state index contributed by atoms with van der Waals surface area (Å²) in [6.45, 7) is 0.0777. The van der Waals surface area contributed by atoms with E-state index in [1.54, 1.807) is 127 Å². The third kappa shape index (κ3) is 33.7. The van der Waals surface area contributed by atoms with Crippen LogP contribution in [0.4, 0.5) is 26.3 Å². The second-order valence-corrected chi connectivity index (χ2v) is 26.4. The van der Waals surface area contributed by atoms with Crippen LogP contribution in [-0.4, -0.2) is 195 Å². The second kappa shape index (κ2) is 45.6. The fourth-order valence-electron chi connectivity index (χ4n) is 10.9. The number of nitrogens with two attached hydrogens (primary N) is 5. The van der Waals surface area contributed by atoms with Crippen LogP contribution in [0.5, 0.6) is 5.75 Å². The van der Waals surface area contributed by atoms with E-state index < -0.39 is 163 Å². The number of likely N-dealkylation sites (tertiary alicyclic amines) is 1. The number of phenols is 1. The molecule has 34 nitrogen and oxygen atoms in total. The lowest BCUT2D eigenvalue weighted by molar-refractivity contribution is -0.193. The van der Waals surface area contributed by atoms with Crippen LogP contribution in [0, 0.1) is 14.4 Å². The number of amides is 11. The van der Waals surface area contributed by atoms with Gasteiger partial charge in [-0.1, -0.05) is 121 Å². The molecule has 1 fully saturated rings. The highest BCUT2D eigenvalue weighted by Crippen LogP contribution is 2.24. The van der Waals surface area contributed by atoms with Gasteiger partial charge >= 0.3 is 24.3 Å². The minimum Gasteiger partial charge on any atom is -0.507 e. The van der Waals surface area contributed by atoms with Gasteiger partial charge in [0.15, 0.2) is 17.7 Å². The number of carboxylic acid groups (broad SMARTS) is 2. The van der Waals surface area contributed by atoms with Gasteiger partial charge in [-0.2, -0.15) is 26.3 Å². The molecule has 5 aromatic rings. The molecule has 24 N–H and O–H groups in total. The Balaban J connectivity index is 0.00000175. The van der Waals surface area contributed by atoms with Gasteiger partial charge in [0, 0.05) is 56.4 Å². The first-order chi connectivity index (χ1) is 53.1. The third-order valence-corrected chi connectivity index (χ3v) is 17.3. The Bertz CT molecular complexity index is 4150. The van der Waals surface area contributed by atoms with Gasteiger partial charge in [-0.15, -0.1) is 0 Å². The quantitative estimate of drug-likeness (QED) is 0.00631. The predicted octanol–water partition coefficient (Wildman–Crippen LogP) is 0.302. The van der Waals surface area contributed by atoms with Crippen LogP contribution >= 0.6 is 22.6 Å². The minimum absolute atomic E-state index is 0.00778. The van der Waals surface area contributed by atoms with E-state index >= 15 is 0 Å². The number of nitrogens with zero attached hydrogens (tertiary/aromatic N) is 1. The summed E-state index contributed by atoms with van der Waals surface area (Å²) in [7, 11) is 0. The van der Waals surface area contributed by atoms with E-state index in [1.807, 2.05) is 22.6 Å². The highest BCUT2D eigenvalue weighted by atomic mass is 127. The third-order valence-electron chi connectivity index (χ3n) is 16.5. The number of hydrogen-bond acceptors (Lipinski definition) is 17. The highest BCUT2D eigenvalue weighted by molar-refractivity contribution is 14.1. The first-order valence-corrected chi connectivity index (χ1v) is 35.5. The normalized spacial score (nSPS) is 14.1. The van der Waals surface area contributed by atoms with Crippen LogP contribution in [0.15, 0.2) is 133 Å². The summed E-state index contributed by atoms with van der Waals surface area (Å²) in [6, 6.07) is 24.9. The Morgan fingerprint density at radius 3 is 1.38 bits per heavy atom. The van der Waals surface area contributed by atoms with E-state index in [4.69, 9.17) is 59.3 Å². The van der Waals surface area contributed by atoms with E-state index in [1.165, 1.54) is 11.0 Å². The van der Waals surface area contributed by atoms with Gasteiger partial charge in [0.05, 0.1) is 16.4 Å². The number of benzene rings is 5. The van der Waals surface area contributed by atoms with Crippen LogP contribution in [-0.2, 0) is 88.0 Å². The molecule has 11 amide bonds. The number of nitrogens with one attached hydrogen (secondary N) is 11. The molecule has 1 aliphatic heterocycles. The predicted molar refractivity (Wildman–Crippen MR) is 400 cm³/mol. The number of ketones is 1. The van der Waals surface area contributed by atoms with Gasteiger partial charge in [0.2, 0.25) is 65.0 Å². The van der Waals surface area contributed by atoms with Gasteiger partial charge in [-0.05, 0) is 102 Å². The number of halogens is 7. The maximum Gasteiger partial charge on any atom is 0.490 e. The molecule has 0 bridgehead atoms. The molecule has 0 unspecified atom stereocenters. The molecular weight excluding hydrogens is 1620 g/mol. The number of primary amides is 3. The first kappa shape index (κ1) is 92.9. The number of carbonyl (C=O) groups excluding carboxylic acids is 12. The number of hydrogen-bond donors (Lipinski definition) is 19. The molecule has 6 rings (SSSR count). The Hall–Kier alpha value is -12.5. The molecule has 1 heterocycles. The van der Waals surface area contributed by atoms with Crippen LogP contribution in [0.2, 0.25) is 0 Å². The zero-order valence-electron chi connectivity index (χ0n) is 60.2. The number of rotatable bonds is 38. The van der Waals surface area contributed by atoms with Crippen LogP contribution in [0.25, 0.3) is 0 Å². The number of guanidine groups is 2. The fraction of sp³-hybridized carbons (Fsp3) is 0.361. The van der Waals surface area contributed by atoms with E-state index in [0.29, 0.717) is 37.0 Å². The van der Waals surface area contributed by atoms with Gasteiger partial charge in [0.1, 0.15) is 54.1 Å². The number of phenolic OH excluding ortho intramolecular Hbond substituents is 1. The maximum absolute atomic E-state index is 14.8. The van der Waals surface area contributed by atoms with Crippen molar-refractivity contribution in [3.8, 4) is 5.75 Å². The SMILES string of the molecule is N=C(N)NCCC[C@H](NC(=O)[C@@H]1CCCN1C(=O)[C@H](CCCNC(=N)N)NC(=O)[C@H](CC(N)=O)NC(=O)[C@H](CCC(N)=O)NC(=O)[C@H](Cc1ccccc1)NC(=O)[C@@H](Cc1ccc(C(=O)c2ccccc2)cc1)NC(=O)Cc1ccccc1)C(=O)N[C@@H](Cc1ccc(O)c(I)c1)C(N)=O.O=C(O)C(F)(F)F.O=C(O)C(F)(F)F. The number of carbonyl (C=O) groups is 14. The largest absolute Gasteiger partial charge is 0.507 e. The lowest BCUT2D eigenvalue weighted by Gasteiger charge is -2.31. The molecule has 0 aromatic heterocycles. The number of aromatic hydroxyl groups is 1. The summed E-state index contributed by atoms with van der Waals surface area (Å²) in [5.74, 6) is -16.5. The zero-order valence-corrected chi connectivity index (χ0v) is 62.3. The van der Waals surface area contributed by atoms with Crippen molar-refractivity contribution in [2.45, 2.75) is 144 Å². The van der Waals surface area contributed by atoms with E-state index in [0.717, 1.165) is 0 Å². The molecule has 610 valence electrons. The van der Waals surface area contributed by atoms with Gasteiger partial charge in [-0.3, -0.25) is 68.4 Å². The summed E-state index contributed by atoms with van der Waals surface area (Å²) in [4.78, 5) is 186. The smallest absolute Gasteiger partial charge is 0.490 e. The zero-order chi connectivity index (χ0) is 84.3. The number of alkyl halides is 6. The molecule has 1 aliphatic rings. The Morgan fingerprint density at radius 2 is 0.894 bits per heavy atom. The van der Waals surface area contributed by atoms with Gasteiger partial charge in [0.25, 0.3) is 0 Å². The fourth-order valence-corrected chi connectivity index (χ4v) is 11.5. The maximum atomic E-state index is 14.8. The van der Waals surface area contributed by atoms with Crippen molar-refractivity contribution in [2.75, 3.05) is 19.6 Å². The lowest BCUT2D eigenvalue weighted by Crippen LogP contribution is -2.61. The lowest BCUT2D eigenvalue weighted by atomic mass is 9.98. The minimum atomic E-state index is -5.08. The van der Waals surface area contributed by atoms with Crippen LogP contribution in [0.3, 0.4) is 0 Å². The molecule has 0 aliphatic carbocycles. The van der Waals surface area contributed by atoms with Gasteiger partial charge in [-0.25, -0.2) is 9.59 Å². The summed E-state index contributed by atoms with van der Waals surface area (Å²) < 4.78 is 63.9. The summed E-state index contributed by atoms with van der Waals surface area (Å²) in [5, 5.41) is 63.1. The van der Waals surface area contributed by atoms with Crippen molar-refractivity contribution in [1.82, 2.24) is 52.8 Å². The molecule has 5 aromatic carbocycles. The Labute approximate surface area is 655 Å². The molecule has 0 radical (unpaired) electrons. The van der Waals surface area contributed by atoms with Crippen molar-refractivity contribution < 1.29 is 109 Å². The summed E-state index contributed by atoms with van der Waals surface area (Å²) in [6.07, 6.45) is -12.3. The monoisotopic (exact) mass is 1700 g/mol.